The van der Waals surface area contributed by atoms with Crippen molar-refractivity contribution in [2.24, 2.45) is 17.8 Å². The van der Waals surface area contributed by atoms with Crippen LogP contribution in [-0.4, -0.2) is 12.6 Å². The first-order valence-electron chi connectivity index (χ1n) is 7.16. The summed E-state index contributed by atoms with van der Waals surface area (Å²) in [7, 11) is 0. The molecule has 1 unspecified atom stereocenters. The van der Waals surface area contributed by atoms with Crippen LogP contribution in [0.15, 0.2) is 0 Å². The minimum atomic E-state index is 0.636. The second kappa shape index (κ2) is 9.04. The smallest absolute Gasteiger partial charge is 0.00103 e. The molecule has 0 fully saturated rings. The Morgan fingerprint density at radius 3 is 1.94 bits per heavy atom. The largest absolute Gasteiger partial charge is 0.315 e. The number of rotatable bonds is 9. The Morgan fingerprint density at radius 1 is 0.875 bits per heavy atom. The summed E-state index contributed by atoms with van der Waals surface area (Å²) in [6, 6.07) is 0.636. The van der Waals surface area contributed by atoms with E-state index in [1.807, 2.05) is 0 Å². The first-order chi connectivity index (χ1) is 7.43. The lowest BCUT2D eigenvalue weighted by atomic mass is 9.84. The number of hydrogen-bond donors (Lipinski definition) is 1. The van der Waals surface area contributed by atoms with E-state index in [1.165, 1.54) is 32.2 Å². The molecular formula is C15H33N. The van der Waals surface area contributed by atoms with Crippen LogP contribution < -0.4 is 5.32 Å². The number of unbranched alkanes of at least 4 members (excludes halogenated alkanes) is 1. The molecule has 1 N–H and O–H groups in total. The zero-order valence-corrected chi connectivity index (χ0v) is 12.3. The van der Waals surface area contributed by atoms with Crippen LogP contribution in [0.1, 0.15) is 67.2 Å². The van der Waals surface area contributed by atoms with Crippen molar-refractivity contribution in [2.45, 2.75) is 73.3 Å². The van der Waals surface area contributed by atoms with Crippen molar-refractivity contribution in [3.8, 4) is 0 Å². The highest BCUT2D eigenvalue weighted by atomic mass is 14.9. The highest BCUT2D eigenvalue weighted by Gasteiger charge is 2.14. The van der Waals surface area contributed by atoms with Gasteiger partial charge in [0.1, 0.15) is 0 Å². The van der Waals surface area contributed by atoms with Crippen LogP contribution in [0.4, 0.5) is 0 Å². The van der Waals surface area contributed by atoms with Gasteiger partial charge in [0, 0.05) is 6.04 Å². The van der Waals surface area contributed by atoms with E-state index < -0.39 is 0 Å². The molecule has 0 aliphatic carbocycles. The van der Waals surface area contributed by atoms with Crippen molar-refractivity contribution in [3.63, 3.8) is 0 Å². The molecule has 0 bridgehead atoms. The average molecular weight is 227 g/mol. The van der Waals surface area contributed by atoms with Crippen LogP contribution in [0, 0.1) is 17.8 Å². The standard InChI is InChI=1S/C15H33N/c1-12(2)11-15(13(3)4)9-7-8-10-16-14(5)6/h12-16H,7-11H2,1-6H3. The first kappa shape index (κ1) is 16.0. The Labute approximate surface area is 103 Å². The first-order valence-corrected chi connectivity index (χ1v) is 7.16. The molecular weight excluding hydrogens is 194 g/mol. The molecule has 1 atom stereocenters. The summed E-state index contributed by atoms with van der Waals surface area (Å²) in [4.78, 5) is 0. The monoisotopic (exact) mass is 227 g/mol. The molecule has 0 spiro atoms. The van der Waals surface area contributed by atoms with E-state index in [-0.39, 0.29) is 0 Å². The van der Waals surface area contributed by atoms with E-state index in [0.29, 0.717) is 6.04 Å². The Hall–Kier alpha value is -0.0400. The predicted octanol–water partition coefficient (Wildman–Crippen LogP) is 4.47. The fraction of sp³-hybridized carbons (Fsp3) is 1.00. The van der Waals surface area contributed by atoms with Crippen molar-refractivity contribution in [1.29, 1.82) is 0 Å². The molecule has 98 valence electrons. The summed E-state index contributed by atoms with van der Waals surface area (Å²) in [6.45, 7) is 15.1. The maximum atomic E-state index is 3.49. The summed E-state index contributed by atoms with van der Waals surface area (Å²) in [6.07, 6.45) is 5.53. The lowest BCUT2D eigenvalue weighted by Crippen LogP contribution is -2.23. The van der Waals surface area contributed by atoms with E-state index in [9.17, 15) is 0 Å². The van der Waals surface area contributed by atoms with Gasteiger partial charge in [-0.25, -0.2) is 0 Å². The second-order valence-electron chi connectivity index (χ2n) is 6.24. The summed E-state index contributed by atoms with van der Waals surface area (Å²) >= 11 is 0. The molecule has 1 nitrogen and oxygen atoms in total. The summed E-state index contributed by atoms with van der Waals surface area (Å²) in [5.41, 5.74) is 0. The van der Waals surface area contributed by atoms with Crippen LogP contribution in [0.5, 0.6) is 0 Å². The van der Waals surface area contributed by atoms with Gasteiger partial charge in [0.25, 0.3) is 0 Å². The highest BCUT2D eigenvalue weighted by molar-refractivity contribution is 4.66. The van der Waals surface area contributed by atoms with Crippen LogP contribution in [-0.2, 0) is 0 Å². The zero-order valence-electron chi connectivity index (χ0n) is 12.3. The van der Waals surface area contributed by atoms with Crippen molar-refractivity contribution < 1.29 is 0 Å². The van der Waals surface area contributed by atoms with Crippen molar-refractivity contribution in [2.75, 3.05) is 6.54 Å². The molecule has 0 aromatic heterocycles. The third kappa shape index (κ3) is 9.21. The van der Waals surface area contributed by atoms with Crippen LogP contribution >= 0.6 is 0 Å². The fourth-order valence-electron chi connectivity index (χ4n) is 2.25. The Morgan fingerprint density at radius 2 is 1.50 bits per heavy atom. The van der Waals surface area contributed by atoms with Crippen LogP contribution in [0.2, 0.25) is 0 Å². The molecule has 0 rings (SSSR count). The maximum absolute atomic E-state index is 3.49. The van der Waals surface area contributed by atoms with Gasteiger partial charge in [-0.3, -0.25) is 0 Å². The van der Waals surface area contributed by atoms with Gasteiger partial charge in [-0.05, 0) is 37.1 Å². The summed E-state index contributed by atoms with van der Waals surface area (Å²) in [5, 5.41) is 3.49. The SMILES string of the molecule is CC(C)CC(CCCCNC(C)C)C(C)C. The van der Waals surface area contributed by atoms with Gasteiger partial charge < -0.3 is 5.32 Å². The highest BCUT2D eigenvalue weighted by Crippen LogP contribution is 2.25. The van der Waals surface area contributed by atoms with Gasteiger partial charge in [-0.2, -0.15) is 0 Å². The van der Waals surface area contributed by atoms with E-state index in [2.05, 4.69) is 46.9 Å². The maximum Gasteiger partial charge on any atom is 0.00103 e. The zero-order chi connectivity index (χ0) is 12.6. The molecule has 1 heteroatoms. The Kier molecular flexibility index (Phi) is 9.02. The molecule has 0 aromatic carbocycles. The lowest BCUT2D eigenvalue weighted by Gasteiger charge is -2.22. The lowest BCUT2D eigenvalue weighted by molar-refractivity contribution is 0.289. The summed E-state index contributed by atoms with van der Waals surface area (Å²) in [5.74, 6) is 2.63. The molecule has 0 saturated carbocycles. The van der Waals surface area contributed by atoms with Crippen molar-refractivity contribution >= 4 is 0 Å². The van der Waals surface area contributed by atoms with Crippen LogP contribution in [0.25, 0.3) is 0 Å². The van der Waals surface area contributed by atoms with E-state index in [0.717, 1.165) is 17.8 Å². The molecule has 0 radical (unpaired) electrons. The quantitative estimate of drug-likeness (QED) is 0.573. The summed E-state index contributed by atoms with van der Waals surface area (Å²) < 4.78 is 0. The van der Waals surface area contributed by atoms with E-state index >= 15 is 0 Å². The molecule has 0 aliphatic heterocycles. The molecule has 16 heavy (non-hydrogen) atoms. The average Bonchev–Trinajstić information content (AvgIpc) is 2.14. The topological polar surface area (TPSA) is 12.0 Å². The Bertz CT molecular complexity index is 150. The van der Waals surface area contributed by atoms with E-state index in [4.69, 9.17) is 0 Å². The predicted molar refractivity (Wildman–Crippen MR) is 74.8 cm³/mol. The molecule has 0 heterocycles. The molecule has 0 aliphatic rings. The van der Waals surface area contributed by atoms with Gasteiger partial charge in [-0.15, -0.1) is 0 Å². The third-order valence-corrected chi connectivity index (χ3v) is 3.27. The van der Waals surface area contributed by atoms with Gasteiger partial charge in [0.05, 0.1) is 0 Å². The van der Waals surface area contributed by atoms with Gasteiger partial charge in [-0.1, -0.05) is 54.4 Å². The fourth-order valence-corrected chi connectivity index (χ4v) is 2.25. The molecule has 0 aromatic rings. The Balaban J connectivity index is 3.60. The second-order valence-corrected chi connectivity index (χ2v) is 6.24. The van der Waals surface area contributed by atoms with E-state index in [1.54, 1.807) is 0 Å². The number of hydrogen-bond acceptors (Lipinski definition) is 1. The van der Waals surface area contributed by atoms with Gasteiger partial charge in [0.15, 0.2) is 0 Å². The molecule has 0 saturated heterocycles. The van der Waals surface area contributed by atoms with Crippen LogP contribution in [0.3, 0.4) is 0 Å². The van der Waals surface area contributed by atoms with Gasteiger partial charge in [0.2, 0.25) is 0 Å². The number of nitrogens with one attached hydrogen (secondary N) is 1. The normalized spacial score (nSPS) is 14.1. The minimum absolute atomic E-state index is 0.636. The molecule has 0 amide bonds. The van der Waals surface area contributed by atoms with Crippen molar-refractivity contribution in [1.82, 2.24) is 5.32 Å². The van der Waals surface area contributed by atoms with Gasteiger partial charge >= 0.3 is 0 Å². The minimum Gasteiger partial charge on any atom is -0.315 e. The third-order valence-electron chi connectivity index (χ3n) is 3.27. The van der Waals surface area contributed by atoms with Crippen molar-refractivity contribution in [3.05, 3.63) is 0 Å².